The summed E-state index contributed by atoms with van der Waals surface area (Å²) in [6.07, 6.45) is 6.93. The smallest absolute Gasteiger partial charge is 0.261 e. The predicted molar refractivity (Wildman–Crippen MR) is 128 cm³/mol. The molecule has 0 aliphatic carbocycles. The van der Waals surface area contributed by atoms with Gasteiger partial charge in [0.1, 0.15) is 11.6 Å². The maximum absolute atomic E-state index is 12.9. The van der Waals surface area contributed by atoms with Gasteiger partial charge in [0.2, 0.25) is 0 Å². The molecule has 2 aromatic carbocycles. The maximum Gasteiger partial charge on any atom is 0.261 e. The minimum Gasteiger partial charge on any atom is -0.467 e. The number of aromatic nitrogens is 2. The lowest BCUT2D eigenvalue weighted by molar-refractivity contribution is 0.0631. The minimum absolute atomic E-state index is 0.0486. The molecule has 0 radical (unpaired) electrons. The van der Waals surface area contributed by atoms with Crippen LogP contribution in [0.3, 0.4) is 0 Å². The number of rotatable bonds is 5. The van der Waals surface area contributed by atoms with Crippen LogP contribution < -0.4 is 5.32 Å². The lowest BCUT2D eigenvalue weighted by Crippen LogP contribution is -2.28. The zero-order valence-corrected chi connectivity index (χ0v) is 18.9. The van der Waals surface area contributed by atoms with E-state index in [1.54, 1.807) is 18.2 Å². The van der Waals surface area contributed by atoms with Crippen LogP contribution in [0.4, 0.5) is 5.69 Å². The van der Waals surface area contributed by atoms with E-state index in [0.29, 0.717) is 17.0 Å². The number of furan rings is 1. The number of benzene rings is 2. The van der Waals surface area contributed by atoms with Crippen molar-refractivity contribution in [3.63, 3.8) is 0 Å². The number of imide groups is 1. The van der Waals surface area contributed by atoms with Gasteiger partial charge in [-0.3, -0.25) is 19.3 Å². The highest BCUT2D eigenvalue weighted by Gasteiger charge is 2.36. The van der Waals surface area contributed by atoms with Crippen molar-refractivity contribution in [3.8, 4) is 11.3 Å². The van der Waals surface area contributed by atoms with Gasteiger partial charge in [0.05, 0.1) is 29.6 Å². The van der Waals surface area contributed by atoms with E-state index in [2.05, 4.69) is 16.1 Å². The molecule has 4 aromatic rings. The van der Waals surface area contributed by atoms with Crippen molar-refractivity contribution in [3.05, 3.63) is 95.3 Å². The quantitative estimate of drug-likeness (QED) is 0.436. The molecule has 0 saturated carbocycles. The van der Waals surface area contributed by atoms with Crippen molar-refractivity contribution in [1.82, 2.24) is 14.5 Å². The molecule has 0 atom stereocenters. The highest BCUT2D eigenvalue weighted by Crippen LogP contribution is 2.27. The van der Waals surface area contributed by atoms with Gasteiger partial charge in [-0.1, -0.05) is 12.1 Å². The highest BCUT2D eigenvalue weighted by molar-refractivity contribution is 6.22. The lowest BCUT2D eigenvalue weighted by atomic mass is 10.1. The number of anilines is 1. The van der Waals surface area contributed by atoms with Crippen LogP contribution in [-0.2, 0) is 19.5 Å². The van der Waals surface area contributed by atoms with E-state index in [0.717, 1.165) is 34.9 Å². The van der Waals surface area contributed by atoms with Gasteiger partial charge in [0, 0.05) is 36.0 Å². The molecule has 0 bridgehead atoms. The number of aryl methyl sites for hydroxylation is 2. The molecule has 4 heterocycles. The molecule has 174 valence electrons. The first kappa shape index (κ1) is 21.1. The number of nitrogens with one attached hydrogen (secondary N) is 1. The molecule has 3 amide bonds. The number of carbonyl (C=O) groups is 3. The Hall–Kier alpha value is -4.46. The zero-order valence-electron chi connectivity index (χ0n) is 18.9. The van der Waals surface area contributed by atoms with E-state index in [1.807, 2.05) is 24.3 Å². The second-order valence-corrected chi connectivity index (χ2v) is 8.76. The summed E-state index contributed by atoms with van der Waals surface area (Å²) < 4.78 is 7.47. The van der Waals surface area contributed by atoms with Gasteiger partial charge in [-0.2, -0.15) is 0 Å². The van der Waals surface area contributed by atoms with Crippen molar-refractivity contribution >= 4 is 23.4 Å². The molecule has 0 saturated heterocycles. The minimum atomic E-state index is -0.442. The molecule has 8 nitrogen and oxygen atoms in total. The molecule has 6 rings (SSSR count). The Morgan fingerprint density at radius 3 is 2.60 bits per heavy atom. The van der Waals surface area contributed by atoms with Crippen molar-refractivity contribution < 1.29 is 18.8 Å². The van der Waals surface area contributed by atoms with E-state index in [-0.39, 0.29) is 23.6 Å². The van der Waals surface area contributed by atoms with Crippen LogP contribution in [-0.4, -0.2) is 32.2 Å². The van der Waals surface area contributed by atoms with Gasteiger partial charge in [-0.05, 0) is 55.3 Å². The molecule has 35 heavy (non-hydrogen) atoms. The van der Waals surface area contributed by atoms with Crippen LogP contribution in [0.5, 0.6) is 0 Å². The first-order valence-electron chi connectivity index (χ1n) is 11.6. The first-order chi connectivity index (χ1) is 17.1. The number of imidazole rings is 1. The van der Waals surface area contributed by atoms with Crippen LogP contribution >= 0.6 is 0 Å². The molecular formula is C27H22N4O4. The number of amides is 3. The van der Waals surface area contributed by atoms with E-state index in [4.69, 9.17) is 9.40 Å². The largest absolute Gasteiger partial charge is 0.467 e. The molecule has 2 aromatic heterocycles. The van der Waals surface area contributed by atoms with Gasteiger partial charge in [-0.25, -0.2) is 4.98 Å². The Morgan fingerprint density at radius 1 is 1.00 bits per heavy atom. The van der Waals surface area contributed by atoms with Crippen molar-refractivity contribution in [2.45, 2.75) is 32.4 Å². The van der Waals surface area contributed by atoms with Crippen LogP contribution in [0.1, 0.15) is 55.5 Å². The number of carbonyl (C=O) groups excluding carboxylic acids is 3. The molecule has 2 aliphatic rings. The fourth-order valence-electron chi connectivity index (χ4n) is 4.61. The van der Waals surface area contributed by atoms with Crippen molar-refractivity contribution in [2.75, 3.05) is 5.32 Å². The molecular weight excluding hydrogens is 444 g/mol. The molecule has 0 spiro atoms. The van der Waals surface area contributed by atoms with Gasteiger partial charge in [0.25, 0.3) is 17.7 Å². The van der Waals surface area contributed by atoms with E-state index in [9.17, 15) is 14.4 Å². The summed E-state index contributed by atoms with van der Waals surface area (Å²) in [4.78, 5) is 44.3. The average Bonchev–Trinajstić information content (AvgIpc) is 3.60. The Balaban J connectivity index is 1.17. The fraction of sp³-hybridized carbons (Fsp3) is 0.185. The number of hydrogen-bond donors (Lipinski definition) is 1. The normalized spacial score (nSPS) is 14.7. The van der Waals surface area contributed by atoms with Gasteiger partial charge >= 0.3 is 0 Å². The van der Waals surface area contributed by atoms with Gasteiger partial charge in [0.15, 0.2) is 0 Å². The molecule has 0 unspecified atom stereocenters. The third kappa shape index (κ3) is 3.82. The van der Waals surface area contributed by atoms with Crippen LogP contribution in [0.2, 0.25) is 0 Å². The number of hydrogen-bond acceptors (Lipinski definition) is 5. The SMILES string of the molecule is O=C(Nc1ccc(-c2cn3c(n2)CCCC3)cc1)c1ccc2c(c1)C(=O)N(Cc1ccco1)C2=O. The second-order valence-electron chi connectivity index (χ2n) is 8.76. The number of nitrogens with zero attached hydrogens (tertiary/aromatic N) is 3. The van der Waals surface area contributed by atoms with E-state index < -0.39 is 11.8 Å². The molecule has 2 aliphatic heterocycles. The summed E-state index contributed by atoms with van der Waals surface area (Å²) in [7, 11) is 0. The third-order valence-electron chi connectivity index (χ3n) is 6.47. The predicted octanol–water partition coefficient (Wildman–Crippen LogP) is 4.53. The monoisotopic (exact) mass is 466 g/mol. The van der Waals surface area contributed by atoms with E-state index >= 15 is 0 Å². The van der Waals surface area contributed by atoms with Crippen LogP contribution in [0.25, 0.3) is 11.3 Å². The summed E-state index contributed by atoms with van der Waals surface area (Å²) >= 11 is 0. The van der Waals surface area contributed by atoms with Crippen molar-refractivity contribution in [2.24, 2.45) is 0 Å². The molecule has 1 N–H and O–H groups in total. The first-order valence-corrected chi connectivity index (χ1v) is 11.6. The molecule has 8 heteroatoms. The van der Waals surface area contributed by atoms with Crippen LogP contribution in [0.15, 0.2) is 71.5 Å². The Kier molecular flexibility index (Phi) is 5.06. The topological polar surface area (TPSA) is 97.4 Å². The third-order valence-corrected chi connectivity index (χ3v) is 6.47. The summed E-state index contributed by atoms with van der Waals surface area (Å²) in [5.41, 5.74) is 3.35. The highest BCUT2D eigenvalue weighted by atomic mass is 16.3. The summed E-state index contributed by atoms with van der Waals surface area (Å²) in [5.74, 6) is 0.434. The average molecular weight is 466 g/mol. The fourth-order valence-corrected chi connectivity index (χ4v) is 4.61. The summed E-state index contributed by atoms with van der Waals surface area (Å²) in [6.45, 7) is 1.05. The zero-order chi connectivity index (χ0) is 23.9. The Bertz CT molecular complexity index is 1430. The van der Waals surface area contributed by atoms with Crippen LogP contribution in [0, 0.1) is 0 Å². The Morgan fingerprint density at radius 2 is 1.83 bits per heavy atom. The standard InChI is InChI=1S/C27H22N4O4/c32-25(28-19-9-6-17(7-10-19)23-16-30-12-2-1-5-24(30)29-23)18-8-11-21-22(14-18)27(34)31(26(21)33)15-20-4-3-13-35-20/h3-4,6-11,13-14,16H,1-2,5,12,15H2,(H,28,32). The van der Waals surface area contributed by atoms with Gasteiger partial charge < -0.3 is 14.3 Å². The molecule has 0 fully saturated rings. The summed E-state index contributed by atoms with van der Waals surface area (Å²) in [6, 6.07) is 15.5. The second kappa shape index (κ2) is 8.39. The lowest BCUT2D eigenvalue weighted by Gasteiger charge is -2.11. The van der Waals surface area contributed by atoms with E-state index in [1.165, 1.54) is 31.2 Å². The van der Waals surface area contributed by atoms with Crippen molar-refractivity contribution in [1.29, 1.82) is 0 Å². The maximum atomic E-state index is 12.9. The van der Waals surface area contributed by atoms with Gasteiger partial charge in [-0.15, -0.1) is 0 Å². The Labute approximate surface area is 201 Å². The summed E-state index contributed by atoms with van der Waals surface area (Å²) in [5, 5.41) is 2.86. The number of fused-ring (bicyclic) bond motifs is 2.